The number of aromatic nitrogens is 3. The predicted octanol–water partition coefficient (Wildman–Crippen LogP) is 4.49. The third kappa shape index (κ3) is 4.49. The van der Waals surface area contributed by atoms with Crippen molar-refractivity contribution in [1.29, 1.82) is 0 Å². The number of nitrogen functional groups attached to an aromatic ring is 1. The number of hydrogen-bond donors (Lipinski definition) is 2. The zero-order valence-corrected chi connectivity index (χ0v) is 20.9. The highest BCUT2D eigenvalue weighted by atomic mass is 19.1. The minimum Gasteiger partial charge on any atom is -0.382 e. The summed E-state index contributed by atoms with van der Waals surface area (Å²) in [5.41, 5.74) is 6.73. The molecule has 1 saturated carbocycles. The van der Waals surface area contributed by atoms with E-state index in [1.54, 1.807) is 12.1 Å². The summed E-state index contributed by atoms with van der Waals surface area (Å²) in [4.78, 5) is 27.5. The third-order valence-electron chi connectivity index (χ3n) is 7.43. The molecule has 1 saturated heterocycles. The van der Waals surface area contributed by atoms with E-state index < -0.39 is 28.5 Å². The SMILES string of the molecule is Cc1[nH]c(=O)c2c(F)cc(-c3nc(-c4ccc(N5CCN(CC6CC6)CC5)cc4)c(F)nc3N)cc2c1F. The number of pyridine rings is 1. The van der Waals surface area contributed by atoms with Gasteiger partial charge in [0.15, 0.2) is 5.82 Å². The lowest BCUT2D eigenvalue weighted by Gasteiger charge is -2.36. The van der Waals surface area contributed by atoms with Crippen LogP contribution in [0.3, 0.4) is 0 Å². The van der Waals surface area contributed by atoms with Gasteiger partial charge in [-0.2, -0.15) is 9.37 Å². The van der Waals surface area contributed by atoms with E-state index in [4.69, 9.17) is 5.73 Å². The van der Waals surface area contributed by atoms with Gasteiger partial charge in [-0.25, -0.2) is 13.8 Å². The number of rotatable bonds is 5. The van der Waals surface area contributed by atoms with Crippen molar-refractivity contribution >= 4 is 22.3 Å². The van der Waals surface area contributed by atoms with Gasteiger partial charge in [0, 0.05) is 54.9 Å². The van der Waals surface area contributed by atoms with Crippen LogP contribution in [0.4, 0.5) is 24.7 Å². The van der Waals surface area contributed by atoms with Gasteiger partial charge in [0.1, 0.15) is 23.0 Å². The minimum atomic E-state index is -0.939. The molecular weight excluding hydrogens is 493 g/mol. The Hall–Kier alpha value is -3.92. The highest BCUT2D eigenvalue weighted by Crippen LogP contribution is 2.33. The first-order chi connectivity index (χ1) is 18.3. The first kappa shape index (κ1) is 24.4. The number of piperazine rings is 1. The summed E-state index contributed by atoms with van der Waals surface area (Å²) in [5.74, 6) is -1.97. The molecule has 2 aromatic heterocycles. The molecule has 7 nitrogen and oxygen atoms in total. The van der Waals surface area contributed by atoms with Gasteiger partial charge in [0.25, 0.3) is 5.56 Å². The number of hydrogen-bond acceptors (Lipinski definition) is 6. The van der Waals surface area contributed by atoms with Crippen molar-refractivity contribution in [3.05, 3.63) is 70.0 Å². The molecule has 10 heteroatoms. The molecule has 4 aromatic rings. The monoisotopic (exact) mass is 520 g/mol. The summed E-state index contributed by atoms with van der Waals surface area (Å²) < 4.78 is 44.5. The third-order valence-corrected chi connectivity index (χ3v) is 7.43. The summed E-state index contributed by atoms with van der Waals surface area (Å²) >= 11 is 0. The van der Waals surface area contributed by atoms with Crippen molar-refractivity contribution in [3.8, 4) is 22.5 Å². The van der Waals surface area contributed by atoms with Crippen LogP contribution in [0, 0.1) is 30.4 Å². The van der Waals surface area contributed by atoms with E-state index in [9.17, 15) is 18.0 Å². The van der Waals surface area contributed by atoms with Crippen LogP contribution in [0.5, 0.6) is 0 Å². The normalized spacial score (nSPS) is 16.4. The van der Waals surface area contributed by atoms with Crippen molar-refractivity contribution in [2.24, 2.45) is 5.92 Å². The second-order valence-electron chi connectivity index (χ2n) is 10.1. The van der Waals surface area contributed by atoms with Gasteiger partial charge in [0.2, 0.25) is 5.95 Å². The van der Waals surface area contributed by atoms with Gasteiger partial charge < -0.3 is 15.6 Å². The fourth-order valence-electron chi connectivity index (χ4n) is 5.14. The molecule has 6 rings (SSSR count). The van der Waals surface area contributed by atoms with E-state index in [1.165, 1.54) is 32.4 Å². The summed E-state index contributed by atoms with van der Waals surface area (Å²) in [6.45, 7) is 6.47. The van der Waals surface area contributed by atoms with Crippen LogP contribution in [0.1, 0.15) is 18.5 Å². The van der Waals surface area contributed by atoms with Gasteiger partial charge in [-0.3, -0.25) is 9.69 Å². The van der Waals surface area contributed by atoms with E-state index in [2.05, 4.69) is 24.8 Å². The number of nitrogens with one attached hydrogen (secondary N) is 1. The fourth-order valence-corrected chi connectivity index (χ4v) is 5.14. The highest BCUT2D eigenvalue weighted by molar-refractivity contribution is 5.89. The van der Waals surface area contributed by atoms with E-state index in [1.807, 2.05) is 12.1 Å². The smallest absolute Gasteiger partial charge is 0.259 e. The summed E-state index contributed by atoms with van der Waals surface area (Å²) in [7, 11) is 0. The maximum atomic E-state index is 14.9. The summed E-state index contributed by atoms with van der Waals surface area (Å²) in [5, 5.41) is -0.621. The number of nitrogens with two attached hydrogens (primary N) is 1. The summed E-state index contributed by atoms with van der Waals surface area (Å²) in [6.07, 6.45) is 2.69. The molecule has 0 unspecified atom stereocenters. The number of anilines is 2. The Kier molecular flexibility index (Phi) is 6.06. The number of H-pyrrole nitrogens is 1. The average Bonchev–Trinajstić information content (AvgIpc) is 3.72. The highest BCUT2D eigenvalue weighted by Gasteiger charge is 2.26. The molecule has 2 aromatic carbocycles. The molecule has 0 spiro atoms. The lowest BCUT2D eigenvalue weighted by molar-refractivity contribution is 0.248. The van der Waals surface area contributed by atoms with E-state index in [-0.39, 0.29) is 33.8 Å². The minimum absolute atomic E-state index is 0.00426. The van der Waals surface area contributed by atoms with E-state index >= 15 is 0 Å². The molecule has 196 valence electrons. The molecule has 0 radical (unpaired) electrons. The molecule has 1 aliphatic heterocycles. The van der Waals surface area contributed by atoms with Gasteiger partial charge in [-0.05, 0) is 49.9 Å². The summed E-state index contributed by atoms with van der Waals surface area (Å²) in [6, 6.07) is 9.68. The Balaban J connectivity index is 1.31. The van der Waals surface area contributed by atoms with Gasteiger partial charge in [0.05, 0.1) is 11.1 Å². The Bertz CT molecular complexity index is 1590. The zero-order valence-electron chi connectivity index (χ0n) is 20.9. The van der Waals surface area contributed by atoms with Gasteiger partial charge in [-0.1, -0.05) is 12.1 Å². The second-order valence-corrected chi connectivity index (χ2v) is 10.1. The topological polar surface area (TPSA) is 91.1 Å². The lowest BCUT2D eigenvalue weighted by Crippen LogP contribution is -2.47. The molecule has 38 heavy (non-hydrogen) atoms. The predicted molar refractivity (Wildman–Crippen MR) is 141 cm³/mol. The van der Waals surface area contributed by atoms with Crippen molar-refractivity contribution in [2.45, 2.75) is 19.8 Å². The lowest BCUT2D eigenvalue weighted by atomic mass is 10.0. The van der Waals surface area contributed by atoms with Crippen LogP contribution in [0.2, 0.25) is 0 Å². The number of halogens is 3. The Labute approximate surface area is 217 Å². The standard InChI is InChI=1S/C28H27F3N6O/c1-15-23(30)20-12-18(13-21(29)22(20)28(38)33-15)25-27(32)35-26(31)24(34-25)17-4-6-19(7-5-17)37-10-8-36(9-11-37)14-16-2-3-16/h4-7,12-13,16H,2-3,8-11,14H2,1H3,(H2,32,35)(H,33,38). The number of aromatic amines is 1. The zero-order chi connectivity index (χ0) is 26.6. The van der Waals surface area contributed by atoms with Crippen LogP contribution in [0.25, 0.3) is 33.3 Å². The number of benzene rings is 2. The Morgan fingerprint density at radius 2 is 1.68 bits per heavy atom. The molecule has 2 aliphatic rings. The molecule has 3 heterocycles. The Morgan fingerprint density at radius 3 is 2.37 bits per heavy atom. The molecule has 0 bridgehead atoms. The van der Waals surface area contributed by atoms with Crippen molar-refractivity contribution in [1.82, 2.24) is 19.9 Å². The van der Waals surface area contributed by atoms with Crippen LogP contribution in [-0.4, -0.2) is 52.6 Å². The second kappa shape index (κ2) is 9.43. The van der Waals surface area contributed by atoms with E-state index in [0.717, 1.165) is 43.9 Å². The molecule has 1 aliphatic carbocycles. The van der Waals surface area contributed by atoms with Gasteiger partial charge >= 0.3 is 0 Å². The molecular formula is C28H27F3N6O. The van der Waals surface area contributed by atoms with Crippen LogP contribution >= 0.6 is 0 Å². The molecule has 0 amide bonds. The molecule has 2 fully saturated rings. The van der Waals surface area contributed by atoms with Crippen LogP contribution in [0.15, 0.2) is 41.2 Å². The number of nitrogens with zero attached hydrogens (tertiary/aromatic N) is 4. The maximum absolute atomic E-state index is 14.9. The average molecular weight is 521 g/mol. The van der Waals surface area contributed by atoms with Crippen molar-refractivity contribution in [3.63, 3.8) is 0 Å². The molecule has 0 atom stereocenters. The van der Waals surface area contributed by atoms with Crippen molar-refractivity contribution < 1.29 is 13.2 Å². The number of fused-ring (bicyclic) bond motifs is 1. The molecule has 3 N–H and O–H groups in total. The van der Waals surface area contributed by atoms with Gasteiger partial charge in [-0.15, -0.1) is 0 Å². The first-order valence-corrected chi connectivity index (χ1v) is 12.7. The van der Waals surface area contributed by atoms with Crippen LogP contribution in [-0.2, 0) is 0 Å². The van der Waals surface area contributed by atoms with Crippen molar-refractivity contribution in [2.75, 3.05) is 43.4 Å². The first-order valence-electron chi connectivity index (χ1n) is 12.7. The fraction of sp³-hybridized carbons (Fsp3) is 0.321. The maximum Gasteiger partial charge on any atom is 0.259 e. The van der Waals surface area contributed by atoms with Crippen LogP contribution < -0.4 is 16.2 Å². The largest absolute Gasteiger partial charge is 0.382 e. The number of aryl methyl sites for hydroxylation is 1. The Morgan fingerprint density at radius 1 is 0.974 bits per heavy atom. The quantitative estimate of drug-likeness (QED) is 0.403. The van der Waals surface area contributed by atoms with E-state index in [0.29, 0.717) is 5.56 Å².